The third-order valence-corrected chi connectivity index (χ3v) is 3.20. The fourth-order valence-corrected chi connectivity index (χ4v) is 2.32. The first-order valence-corrected chi connectivity index (χ1v) is 6.04. The second kappa shape index (κ2) is 4.17. The third kappa shape index (κ3) is 2.01. The van der Waals surface area contributed by atoms with E-state index in [9.17, 15) is 0 Å². The Morgan fingerprint density at radius 1 is 0.941 bits per heavy atom. The van der Waals surface area contributed by atoms with Crippen LogP contribution >= 0.6 is 0 Å². The Morgan fingerprint density at radius 3 is 2.29 bits per heavy atom. The second-order valence-electron chi connectivity index (χ2n) is 4.53. The SMILES string of the molecule is Cc1cc(C2=CC=CC2)cc(C2=CC=CC2)n1. The molecule has 0 saturated carbocycles. The lowest BCUT2D eigenvalue weighted by Crippen LogP contribution is -1.94. The van der Waals surface area contributed by atoms with Crippen molar-refractivity contribution in [2.24, 2.45) is 0 Å². The minimum Gasteiger partial charge on any atom is -0.253 e. The van der Waals surface area contributed by atoms with E-state index < -0.39 is 0 Å². The summed E-state index contributed by atoms with van der Waals surface area (Å²) < 4.78 is 0. The molecular weight excluding hydrogens is 206 g/mol. The molecule has 84 valence electrons. The van der Waals surface area contributed by atoms with Crippen LogP contribution in [0.2, 0.25) is 0 Å². The predicted molar refractivity (Wildman–Crippen MR) is 72.4 cm³/mol. The van der Waals surface area contributed by atoms with Crippen molar-refractivity contribution < 1.29 is 0 Å². The maximum atomic E-state index is 4.63. The smallest absolute Gasteiger partial charge is 0.0674 e. The first-order valence-electron chi connectivity index (χ1n) is 6.04. The van der Waals surface area contributed by atoms with Crippen LogP contribution in [-0.4, -0.2) is 4.98 Å². The molecule has 3 rings (SSSR count). The normalized spacial score (nSPS) is 17.5. The van der Waals surface area contributed by atoms with Gasteiger partial charge in [-0.15, -0.1) is 0 Å². The van der Waals surface area contributed by atoms with Gasteiger partial charge < -0.3 is 0 Å². The van der Waals surface area contributed by atoms with Gasteiger partial charge in [0.1, 0.15) is 0 Å². The van der Waals surface area contributed by atoms with Crippen molar-refractivity contribution in [3.63, 3.8) is 0 Å². The van der Waals surface area contributed by atoms with Gasteiger partial charge in [-0.05, 0) is 48.6 Å². The van der Waals surface area contributed by atoms with Crippen molar-refractivity contribution >= 4 is 11.1 Å². The standard InChI is InChI=1S/C16H15N/c1-12-10-15(13-6-2-3-7-13)11-16(17-12)14-8-4-5-9-14/h2-6,8,10-11H,7,9H2,1H3. The molecule has 0 aromatic carbocycles. The molecule has 0 aliphatic heterocycles. The molecule has 0 N–H and O–H groups in total. The molecule has 2 aliphatic rings. The second-order valence-corrected chi connectivity index (χ2v) is 4.53. The van der Waals surface area contributed by atoms with Crippen LogP contribution in [0.4, 0.5) is 0 Å². The average molecular weight is 221 g/mol. The highest BCUT2D eigenvalue weighted by Gasteiger charge is 2.10. The Balaban J connectivity index is 2.00. The first kappa shape index (κ1) is 10.3. The van der Waals surface area contributed by atoms with Crippen molar-refractivity contribution in [1.29, 1.82) is 0 Å². The van der Waals surface area contributed by atoms with Crippen LogP contribution in [0.5, 0.6) is 0 Å². The minimum atomic E-state index is 1.01. The Hall–Kier alpha value is -1.89. The molecule has 1 aromatic rings. The third-order valence-electron chi connectivity index (χ3n) is 3.20. The van der Waals surface area contributed by atoms with Crippen LogP contribution in [0.3, 0.4) is 0 Å². The van der Waals surface area contributed by atoms with Crippen molar-refractivity contribution in [3.8, 4) is 0 Å². The fourth-order valence-electron chi connectivity index (χ4n) is 2.32. The lowest BCUT2D eigenvalue weighted by Gasteiger charge is -2.08. The number of aryl methyl sites for hydroxylation is 1. The molecule has 1 aromatic heterocycles. The van der Waals surface area contributed by atoms with Crippen LogP contribution in [0, 0.1) is 6.92 Å². The van der Waals surface area contributed by atoms with Gasteiger partial charge in [-0.25, -0.2) is 0 Å². The van der Waals surface area contributed by atoms with Gasteiger partial charge in [0.2, 0.25) is 0 Å². The molecule has 0 radical (unpaired) electrons. The van der Waals surface area contributed by atoms with Crippen molar-refractivity contribution in [1.82, 2.24) is 4.98 Å². The molecule has 17 heavy (non-hydrogen) atoms. The minimum absolute atomic E-state index is 1.01. The Labute approximate surface area is 102 Å². The van der Waals surface area contributed by atoms with Crippen LogP contribution in [0.25, 0.3) is 11.1 Å². The first-order chi connectivity index (χ1) is 8.33. The zero-order valence-corrected chi connectivity index (χ0v) is 9.98. The number of pyridine rings is 1. The van der Waals surface area contributed by atoms with E-state index in [1.807, 2.05) is 0 Å². The highest BCUT2D eigenvalue weighted by Crippen LogP contribution is 2.28. The zero-order valence-electron chi connectivity index (χ0n) is 9.98. The van der Waals surface area contributed by atoms with Crippen LogP contribution in [0.1, 0.15) is 29.8 Å². The molecule has 1 heterocycles. The molecule has 1 heteroatoms. The van der Waals surface area contributed by atoms with Gasteiger partial charge in [0.25, 0.3) is 0 Å². The number of allylic oxidation sites excluding steroid dienone is 8. The molecule has 0 atom stereocenters. The van der Waals surface area contributed by atoms with Crippen molar-refractivity contribution in [2.45, 2.75) is 19.8 Å². The summed E-state index contributed by atoms with van der Waals surface area (Å²) >= 11 is 0. The van der Waals surface area contributed by atoms with Crippen LogP contribution < -0.4 is 0 Å². The highest BCUT2D eigenvalue weighted by molar-refractivity contribution is 5.75. The number of rotatable bonds is 2. The molecule has 0 unspecified atom stereocenters. The van der Waals surface area contributed by atoms with Gasteiger partial charge in [-0.2, -0.15) is 0 Å². The Morgan fingerprint density at radius 2 is 1.65 bits per heavy atom. The molecule has 0 spiro atoms. The highest BCUT2D eigenvalue weighted by atomic mass is 14.7. The average Bonchev–Trinajstić information content (AvgIpc) is 3.02. The molecule has 0 amide bonds. The molecule has 2 aliphatic carbocycles. The topological polar surface area (TPSA) is 12.9 Å². The van der Waals surface area contributed by atoms with E-state index >= 15 is 0 Å². The van der Waals surface area contributed by atoms with Gasteiger partial charge in [0.15, 0.2) is 0 Å². The number of hydrogen-bond acceptors (Lipinski definition) is 1. The van der Waals surface area contributed by atoms with Gasteiger partial charge in [-0.3, -0.25) is 4.98 Å². The summed E-state index contributed by atoms with van der Waals surface area (Å²) in [6, 6.07) is 4.38. The van der Waals surface area contributed by atoms with E-state index in [0.29, 0.717) is 0 Å². The zero-order chi connectivity index (χ0) is 11.7. The summed E-state index contributed by atoms with van der Waals surface area (Å²) in [6.07, 6.45) is 15.0. The van der Waals surface area contributed by atoms with Gasteiger partial charge in [0, 0.05) is 5.69 Å². The summed E-state index contributed by atoms with van der Waals surface area (Å²) in [5.41, 5.74) is 6.24. The van der Waals surface area contributed by atoms with Crippen molar-refractivity contribution in [3.05, 3.63) is 65.5 Å². The van der Waals surface area contributed by atoms with Gasteiger partial charge >= 0.3 is 0 Å². The van der Waals surface area contributed by atoms with Gasteiger partial charge in [0.05, 0.1) is 5.69 Å². The summed E-state index contributed by atoms with van der Waals surface area (Å²) in [5.74, 6) is 0. The number of aromatic nitrogens is 1. The van der Waals surface area contributed by atoms with E-state index in [1.165, 1.54) is 16.7 Å². The molecule has 0 saturated heterocycles. The molecule has 0 bridgehead atoms. The molecule has 1 nitrogen and oxygen atoms in total. The van der Waals surface area contributed by atoms with Crippen LogP contribution in [0.15, 0.2) is 48.6 Å². The lowest BCUT2D eigenvalue weighted by atomic mass is 10.0. The maximum Gasteiger partial charge on any atom is 0.0674 e. The summed E-state index contributed by atoms with van der Waals surface area (Å²) in [7, 11) is 0. The lowest BCUT2D eigenvalue weighted by molar-refractivity contribution is 1.15. The fraction of sp³-hybridized carbons (Fsp3) is 0.188. The molecule has 0 fully saturated rings. The monoisotopic (exact) mass is 221 g/mol. The summed E-state index contributed by atoms with van der Waals surface area (Å²) in [5, 5.41) is 0. The quantitative estimate of drug-likeness (QED) is 0.733. The summed E-state index contributed by atoms with van der Waals surface area (Å²) in [4.78, 5) is 4.63. The van der Waals surface area contributed by atoms with Crippen molar-refractivity contribution in [2.75, 3.05) is 0 Å². The summed E-state index contributed by atoms with van der Waals surface area (Å²) in [6.45, 7) is 2.07. The Kier molecular flexibility index (Phi) is 2.52. The predicted octanol–water partition coefficient (Wildman–Crippen LogP) is 4.08. The molecular formula is C16H15N. The van der Waals surface area contributed by atoms with E-state index in [0.717, 1.165) is 24.2 Å². The maximum absolute atomic E-state index is 4.63. The van der Waals surface area contributed by atoms with E-state index in [2.05, 4.69) is 60.5 Å². The largest absolute Gasteiger partial charge is 0.253 e. The van der Waals surface area contributed by atoms with E-state index in [-0.39, 0.29) is 0 Å². The van der Waals surface area contributed by atoms with E-state index in [1.54, 1.807) is 0 Å². The number of nitrogens with zero attached hydrogens (tertiary/aromatic N) is 1. The Bertz CT molecular complexity index is 523. The van der Waals surface area contributed by atoms with Crippen LogP contribution in [-0.2, 0) is 0 Å². The van der Waals surface area contributed by atoms with Gasteiger partial charge in [-0.1, -0.05) is 36.5 Å². The van der Waals surface area contributed by atoms with E-state index in [4.69, 9.17) is 0 Å². The number of hydrogen-bond donors (Lipinski definition) is 0.